The monoisotopic (exact) mass is 340 g/mol. The van der Waals surface area contributed by atoms with Crippen LogP contribution in [0, 0.1) is 11.2 Å². The maximum absolute atomic E-state index is 13.6. The third-order valence-electron chi connectivity index (χ3n) is 4.56. The van der Waals surface area contributed by atoms with Gasteiger partial charge in [-0.25, -0.2) is 4.39 Å². The Morgan fingerprint density at radius 1 is 0.920 bits per heavy atom. The summed E-state index contributed by atoms with van der Waals surface area (Å²) in [5, 5.41) is 5.54. The number of halogens is 1. The van der Waals surface area contributed by atoms with Gasteiger partial charge >= 0.3 is 0 Å². The van der Waals surface area contributed by atoms with Crippen molar-refractivity contribution in [2.24, 2.45) is 5.41 Å². The lowest BCUT2D eigenvalue weighted by Gasteiger charge is -2.15. The largest absolute Gasteiger partial charge is 0.355 e. The van der Waals surface area contributed by atoms with Crippen molar-refractivity contribution < 1.29 is 14.0 Å². The molecule has 2 N–H and O–H groups in total. The molecule has 0 spiro atoms. The standard InChI is InChI=1S/C20H21FN2O2/c21-17-9-5-4-8-16(17)14-23-19(25)20(11-12-20)18(24)22-13-10-15-6-2-1-3-7-15/h1-9H,10-14H2,(H,22,24)(H,23,25). The van der Waals surface area contributed by atoms with Crippen LogP contribution < -0.4 is 10.6 Å². The van der Waals surface area contributed by atoms with Crippen LogP contribution in [-0.2, 0) is 22.6 Å². The van der Waals surface area contributed by atoms with E-state index in [2.05, 4.69) is 10.6 Å². The highest BCUT2D eigenvalue weighted by atomic mass is 19.1. The van der Waals surface area contributed by atoms with Gasteiger partial charge in [-0.1, -0.05) is 48.5 Å². The van der Waals surface area contributed by atoms with Gasteiger partial charge in [0.1, 0.15) is 11.2 Å². The SMILES string of the molecule is O=C(NCCc1ccccc1)C1(C(=O)NCc2ccccc2F)CC1. The molecule has 0 atom stereocenters. The average Bonchev–Trinajstić information content (AvgIpc) is 3.44. The molecule has 0 heterocycles. The van der Waals surface area contributed by atoms with Gasteiger partial charge in [0.2, 0.25) is 11.8 Å². The Bertz CT molecular complexity index is 757. The highest BCUT2D eigenvalue weighted by Gasteiger charge is 2.56. The minimum Gasteiger partial charge on any atom is -0.355 e. The molecule has 5 heteroatoms. The maximum atomic E-state index is 13.6. The van der Waals surface area contributed by atoms with Crippen LogP contribution in [0.4, 0.5) is 4.39 Å². The van der Waals surface area contributed by atoms with Crippen LogP contribution in [0.25, 0.3) is 0 Å². The molecule has 4 nitrogen and oxygen atoms in total. The predicted molar refractivity (Wildman–Crippen MR) is 93.1 cm³/mol. The van der Waals surface area contributed by atoms with Gasteiger partial charge in [0.25, 0.3) is 0 Å². The molecule has 130 valence electrons. The topological polar surface area (TPSA) is 58.2 Å². The molecule has 0 unspecified atom stereocenters. The maximum Gasteiger partial charge on any atom is 0.235 e. The average molecular weight is 340 g/mol. The van der Waals surface area contributed by atoms with E-state index in [1.165, 1.54) is 6.07 Å². The number of carbonyl (C=O) groups excluding carboxylic acids is 2. The quantitative estimate of drug-likeness (QED) is 0.761. The Hall–Kier alpha value is -2.69. The summed E-state index contributed by atoms with van der Waals surface area (Å²) >= 11 is 0. The fourth-order valence-corrected chi connectivity index (χ4v) is 2.80. The first-order chi connectivity index (χ1) is 12.1. The Morgan fingerprint density at radius 3 is 2.24 bits per heavy atom. The van der Waals surface area contributed by atoms with Crippen LogP contribution >= 0.6 is 0 Å². The molecule has 3 rings (SSSR count). The van der Waals surface area contributed by atoms with E-state index in [9.17, 15) is 14.0 Å². The molecule has 1 aliphatic carbocycles. The van der Waals surface area contributed by atoms with E-state index in [-0.39, 0.29) is 24.2 Å². The summed E-state index contributed by atoms with van der Waals surface area (Å²) in [6.45, 7) is 0.579. The van der Waals surface area contributed by atoms with Gasteiger partial charge in [-0.2, -0.15) is 0 Å². The number of amides is 2. The van der Waals surface area contributed by atoms with Gasteiger partial charge in [0, 0.05) is 18.7 Å². The summed E-state index contributed by atoms with van der Waals surface area (Å²) in [6, 6.07) is 16.1. The van der Waals surface area contributed by atoms with Gasteiger partial charge in [0.15, 0.2) is 0 Å². The van der Waals surface area contributed by atoms with E-state index in [1.807, 2.05) is 30.3 Å². The van der Waals surface area contributed by atoms with Crippen molar-refractivity contribution in [2.45, 2.75) is 25.8 Å². The zero-order valence-corrected chi connectivity index (χ0v) is 13.9. The molecular formula is C20H21FN2O2. The van der Waals surface area contributed by atoms with Crippen LogP contribution in [0.5, 0.6) is 0 Å². The first-order valence-electron chi connectivity index (χ1n) is 8.46. The van der Waals surface area contributed by atoms with Crippen molar-refractivity contribution >= 4 is 11.8 Å². The van der Waals surface area contributed by atoms with Crippen molar-refractivity contribution in [3.63, 3.8) is 0 Å². The molecule has 1 fully saturated rings. The molecular weight excluding hydrogens is 319 g/mol. The van der Waals surface area contributed by atoms with E-state index >= 15 is 0 Å². The van der Waals surface area contributed by atoms with E-state index in [4.69, 9.17) is 0 Å². The van der Waals surface area contributed by atoms with E-state index in [1.54, 1.807) is 18.2 Å². The molecule has 0 aromatic heterocycles. The Labute approximate surface area is 146 Å². The number of nitrogens with one attached hydrogen (secondary N) is 2. The molecule has 1 aliphatic rings. The fraction of sp³-hybridized carbons (Fsp3) is 0.300. The minimum absolute atomic E-state index is 0.0878. The number of hydrogen-bond donors (Lipinski definition) is 2. The van der Waals surface area contributed by atoms with Crippen molar-refractivity contribution in [1.29, 1.82) is 0 Å². The Morgan fingerprint density at radius 2 is 1.56 bits per heavy atom. The molecule has 25 heavy (non-hydrogen) atoms. The summed E-state index contributed by atoms with van der Waals surface area (Å²) in [5.41, 5.74) is 0.565. The van der Waals surface area contributed by atoms with Crippen molar-refractivity contribution in [1.82, 2.24) is 10.6 Å². The molecule has 2 aromatic carbocycles. The first kappa shape index (κ1) is 17.1. The highest BCUT2D eigenvalue weighted by molar-refractivity contribution is 6.07. The van der Waals surface area contributed by atoms with Crippen molar-refractivity contribution in [2.75, 3.05) is 6.54 Å². The number of benzene rings is 2. The van der Waals surface area contributed by atoms with Crippen molar-refractivity contribution in [3.8, 4) is 0 Å². The lowest BCUT2D eigenvalue weighted by molar-refractivity contribution is -0.137. The summed E-state index contributed by atoms with van der Waals surface area (Å²) in [5.74, 6) is -0.928. The number of rotatable bonds is 7. The van der Waals surface area contributed by atoms with E-state index in [0.717, 1.165) is 12.0 Å². The van der Waals surface area contributed by atoms with Crippen LogP contribution in [0.1, 0.15) is 24.0 Å². The Kier molecular flexibility index (Phi) is 5.12. The normalized spacial score (nSPS) is 14.6. The van der Waals surface area contributed by atoms with Crippen molar-refractivity contribution in [3.05, 3.63) is 71.5 Å². The Balaban J connectivity index is 1.50. The summed E-state index contributed by atoms with van der Waals surface area (Å²) in [6.07, 6.45) is 1.79. The lowest BCUT2D eigenvalue weighted by atomic mass is 10.0. The fourth-order valence-electron chi connectivity index (χ4n) is 2.80. The molecule has 0 aliphatic heterocycles. The first-order valence-corrected chi connectivity index (χ1v) is 8.46. The summed E-state index contributed by atoms with van der Waals surface area (Å²) in [7, 11) is 0. The smallest absolute Gasteiger partial charge is 0.235 e. The van der Waals surface area contributed by atoms with Gasteiger partial charge in [-0.3, -0.25) is 9.59 Å². The molecule has 2 amide bonds. The second kappa shape index (κ2) is 7.47. The van der Waals surface area contributed by atoms with Crippen LogP contribution in [0.3, 0.4) is 0 Å². The van der Waals surface area contributed by atoms with E-state index < -0.39 is 5.41 Å². The second-order valence-corrected chi connectivity index (χ2v) is 6.35. The number of carbonyl (C=O) groups is 2. The lowest BCUT2D eigenvalue weighted by Crippen LogP contribution is -2.43. The third-order valence-corrected chi connectivity index (χ3v) is 4.56. The molecule has 0 radical (unpaired) electrons. The zero-order valence-electron chi connectivity index (χ0n) is 13.9. The number of hydrogen-bond acceptors (Lipinski definition) is 2. The molecule has 0 saturated heterocycles. The van der Waals surface area contributed by atoms with Gasteiger partial charge in [-0.05, 0) is 30.9 Å². The van der Waals surface area contributed by atoms with Crippen LogP contribution in [-0.4, -0.2) is 18.4 Å². The summed E-state index contributed by atoms with van der Waals surface area (Å²) < 4.78 is 13.6. The predicted octanol–water partition coefficient (Wildman–Crippen LogP) is 2.58. The minimum atomic E-state index is -0.984. The van der Waals surface area contributed by atoms with Crippen LogP contribution in [0.2, 0.25) is 0 Å². The van der Waals surface area contributed by atoms with Crippen LogP contribution in [0.15, 0.2) is 54.6 Å². The van der Waals surface area contributed by atoms with Gasteiger partial charge in [-0.15, -0.1) is 0 Å². The summed E-state index contributed by atoms with van der Waals surface area (Å²) in [4.78, 5) is 24.8. The third kappa shape index (κ3) is 4.05. The second-order valence-electron chi connectivity index (χ2n) is 6.35. The van der Waals surface area contributed by atoms with E-state index in [0.29, 0.717) is 24.9 Å². The molecule has 0 bridgehead atoms. The van der Waals surface area contributed by atoms with Gasteiger partial charge < -0.3 is 10.6 Å². The highest BCUT2D eigenvalue weighted by Crippen LogP contribution is 2.46. The van der Waals surface area contributed by atoms with Gasteiger partial charge in [0.05, 0.1) is 0 Å². The molecule has 2 aromatic rings. The zero-order chi connectivity index (χ0) is 17.7. The molecule has 1 saturated carbocycles.